The van der Waals surface area contributed by atoms with Crippen molar-refractivity contribution < 1.29 is 14.3 Å². The lowest BCUT2D eigenvalue weighted by Gasteiger charge is -2.10. The van der Waals surface area contributed by atoms with Gasteiger partial charge in [0.25, 0.3) is 5.56 Å². The fraction of sp³-hybridized carbons (Fsp3) is 0.211. The van der Waals surface area contributed by atoms with Crippen LogP contribution < -0.4 is 17.0 Å². The molecule has 9 nitrogen and oxygen atoms in total. The number of nitrogen functional groups attached to an aromatic ring is 1. The summed E-state index contributed by atoms with van der Waals surface area (Å²) in [6.45, 7) is 0.935. The second kappa shape index (κ2) is 8.25. The van der Waals surface area contributed by atoms with E-state index in [4.69, 9.17) is 22.1 Å². The maximum absolute atomic E-state index is 12.5. The number of benzene rings is 1. The van der Waals surface area contributed by atoms with E-state index >= 15 is 0 Å². The Morgan fingerprint density at radius 2 is 1.93 bits per heavy atom. The van der Waals surface area contributed by atoms with Gasteiger partial charge >= 0.3 is 11.7 Å². The quantitative estimate of drug-likeness (QED) is 0.465. The van der Waals surface area contributed by atoms with Gasteiger partial charge in [-0.3, -0.25) is 18.7 Å². The molecule has 0 bridgehead atoms. The molecule has 156 valence electrons. The van der Waals surface area contributed by atoms with Crippen LogP contribution >= 0.6 is 22.9 Å². The Morgan fingerprint density at radius 3 is 2.60 bits per heavy atom. The van der Waals surface area contributed by atoms with E-state index in [2.05, 4.69) is 4.98 Å². The summed E-state index contributed by atoms with van der Waals surface area (Å²) in [6, 6.07) is 7.02. The minimum absolute atomic E-state index is 0.221. The molecule has 1 aromatic carbocycles. The molecule has 0 saturated carbocycles. The second-order valence-electron chi connectivity index (χ2n) is 6.41. The Kier molecular flexibility index (Phi) is 5.90. The lowest BCUT2D eigenvalue weighted by Crippen LogP contribution is -2.42. The molecule has 0 amide bonds. The van der Waals surface area contributed by atoms with Crippen LogP contribution in [0.1, 0.15) is 25.7 Å². The number of Topliss-reactive ketones (excluding diaryl/α,β-unsaturated/α-hetero) is 1. The molecule has 3 rings (SSSR count). The first-order valence-electron chi connectivity index (χ1n) is 8.61. The highest BCUT2D eigenvalue weighted by atomic mass is 35.5. The van der Waals surface area contributed by atoms with Gasteiger partial charge < -0.3 is 10.5 Å². The molecule has 2 aromatic heterocycles. The lowest BCUT2D eigenvalue weighted by molar-refractivity contribution is 0.0478. The molecule has 0 fully saturated rings. The molecule has 2 N–H and O–H groups in total. The van der Waals surface area contributed by atoms with Crippen LogP contribution in [0.25, 0.3) is 10.6 Å². The molecule has 11 heteroatoms. The van der Waals surface area contributed by atoms with Crippen molar-refractivity contribution in [2.45, 2.75) is 6.92 Å². The van der Waals surface area contributed by atoms with Gasteiger partial charge in [0, 0.05) is 24.7 Å². The van der Waals surface area contributed by atoms with Crippen molar-refractivity contribution in [3.8, 4) is 10.6 Å². The average molecular weight is 449 g/mol. The van der Waals surface area contributed by atoms with Gasteiger partial charge in [-0.15, -0.1) is 11.3 Å². The molecule has 3 aromatic rings. The van der Waals surface area contributed by atoms with Gasteiger partial charge in [0.15, 0.2) is 6.61 Å². The largest absolute Gasteiger partial charge is 0.453 e. The Morgan fingerprint density at radius 1 is 1.23 bits per heavy atom. The zero-order chi connectivity index (χ0) is 22.2. The molecule has 0 saturated heterocycles. The van der Waals surface area contributed by atoms with E-state index in [1.165, 1.54) is 14.1 Å². The fourth-order valence-electron chi connectivity index (χ4n) is 2.72. The highest BCUT2D eigenvalue weighted by Gasteiger charge is 2.23. The molecule has 30 heavy (non-hydrogen) atoms. The van der Waals surface area contributed by atoms with Gasteiger partial charge in [0.05, 0.1) is 5.69 Å². The van der Waals surface area contributed by atoms with Crippen LogP contribution in [0.3, 0.4) is 0 Å². The van der Waals surface area contributed by atoms with Gasteiger partial charge in [-0.05, 0) is 19.1 Å². The third-order valence-electron chi connectivity index (χ3n) is 4.38. The molecule has 0 atom stereocenters. The number of carbonyl (C=O) groups is 2. The minimum Gasteiger partial charge on any atom is -0.453 e. The monoisotopic (exact) mass is 448 g/mol. The highest BCUT2D eigenvalue weighted by molar-refractivity contribution is 7.17. The predicted molar refractivity (Wildman–Crippen MR) is 113 cm³/mol. The van der Waals surface area contributed by atoms with E-state index in [0.717, 1.165) is 26.0 Å². The Hall–Kier alpha value is -3.24. The van der Waals surface area contributed by atoms with Crippen molar-refractivity contribution in [3.05, 3.63) is 66.3 Å². The first-order valence-corrected chi connectivity index (χ1v) is 9.80. The number of esters is 1. The van der Waals surface area contributed by atoms with E-state index in [1.54, 1.807) is 31.2 Å². The van der Waals surface area contributed by atoms with E-state index in [9.17, 15) is 19.2 Å². The summed E-state index contributed by atoms with van der Waals surface area (Å²) < 4.78 is 6.82. The minimum atomic E-state index is -0.853. The number of aromatic nitrogens is 3. The average Bonchev–Trinajstić information content (AvgIpc) is 3.11. The first kappa shape index (κ1) is 21.5. The summed E-state index contributed by atoms with van der Waals surface area (Å²) in [7, 11) is 2.56. The van der Waals surface area contributed by atoms with Gasteiger partial charge in [0.1, 0.15) is 21.3 Å². The number of anilines is 1. The van der Waals surface area contributed by atoms with E-state index in [0.29, 0.717) is 15.7 Å². The maximum Gasteiger partial charge on any atom is 0.350 e. The number of thiazole rings is 1. The Labute approximate surface area is 179 Å². The number of carbonyl (C=O) groups excluding carboxylic acids is 2. The van der Waals surface area contributed by atoms with Crippen molar-refractivity contribution in [3.63, 3.8) is 0 Å². The summed E-state index contributed by atoms with van der Waals surface area (Å²) in [5.41, 5.74) is 4.99. The molecule has 0 aliphatic carbocycles. The highest BCUT2D eigenvalue weighted by Crippen LogP contribution is 2.29. The van der Waals surface area contributed by atoms with Crippen LogP contribution in [0.5, 0.6) is 0 Å². The zero-order valence-corrected chi connectivity index (χ0v) is 17.8. The standard InChI is InChI=1S/C19H17ClN4O5S/c1-9-14(30-16(22-9)10-5-4-6-11(20)7-10)18(27)29-8-12(25)13-15(21)23(2)19(28)24(3)17(13)26/h4-7H,8,21H2,1-3H3. The molecule has 2 heterocycles. The molecular formula is C19H17ClN4O5S. The summed E-state index contributed by atoms with van der Waals surface area (Å²) in [6.07, 6.45) is 0. The number of rotatable bonds is 5. The van der Waals surface area contributed by atoms with Crippen molar-refractivity contribution in [1.82, 2.24) is 14.1 Å². The Balaban J connectivity index is 1.81. The summed E-state index contributed by atoms with van der Waals surface area (Å²) >= 11 is 7.09. The third-order valence-corrected chi connectivity index (χ3v) is 5.80. The zero-order valence-electron chi connectivity index (χ0n) is 16.3. The topological polar surface area (TPSA) is 126 Å². The van der Waals surface area contributed by atoms with E-state index in [-0.39, 0.29) is 10.7 Å². The van der Waals surface area contributed by atoms with Crippen LogP contribution in [0.2, 0.25) is 5.02 Å². The van der Waals surface area contributed by atoms with Gasteiger partial charge in [-0.1, -0.05) is 23.7 Å². The molecule has 0 radical (unpaired) electrons. The van der Waals surface area contributed by atoms with E-state index < -0.39 is 35.2 Å². The second-order valence-corrected chi connectivity index (χ2v) is 7.84. The number of ketones is 1. The summed E-state index contributed by atoms with van der Waals surface area (Å²) in [5.74, 6) is -1.86. The predicted octanol–water partition coefficient (Wildman–Crippen LogP) is 1.79. The molecule has 0 spiro atoms. The number of hydrogen-bond donors (Lipinski definition) is 1. The molecule has 0 aliphatic heterocycles. The van der Waals surface area contributed by atoms with Gasteiger partial charge in [-0.25, -0.2) is 14.6 Å². The van der Waals surface area contributed by atoms with Crippen molar-refractivity contribution in [2.24, 2.45) is 14.1 Å². The van der Waals surface area contributed by atoms with Gasteiger partial charge in [0.2, 0.25) is 5.78 Å². The number of ether oxygens (including phenoxy) is 1. The molecule has 0 unspecified atom stereocenters. The smallest absolute Gasteiger partial charge is 0.350 e. The van der Waals surface area contributed by atoms with Crippen molar-refractivity contribution in [1.29, 1.82) is 0 Å². The number of hydrogen-bond acceptors (Lipinski definition) is 8. The van der Waals surface area contributed by atoms with Crippen molar-refractivity contribution in [2.75, 3.05) is 12.3 Å². The lowest BCUT2D eigenvalue weighted by atomic mass is 10.2. The van der Waals surface area contributed by atoms with Crippen LogP contribution in [0.4, 0.5) is 5.82 Å². The van der Waals surface area contributed by atoms with Gasteiger partial charge in [-0.2, -0.15) is 0 Å². The first-order chi connectivity index (χ1) is 14.1. The Bertz CT molecular complexity index is 1290. The maximum atomic E-state index is 12.5. The van der Waals surface area contributed by atoms with Crippen LogP contribution in [0, 0.1) is 6.92 Å². The van der Waals surface area contributed by atoms with Crippen LogP contribution in [-0.2, 0) is 18.8 Å². The van der Waals surface area contributed by atoms with E-state index in [1.807, 2.05) is 0 Å². The number of halogens is 1. The molecular weight excluding hydrogens is 432 g/mol. The fourth-order valence-corrected chi connectivity index (χ4v) is 3.87. The number of nitrogens with zero attached hydrogens (tertiary/aromatic N) is 3. The SMILES string of the molecule is Cc1nc(-c2cccc(Cl)c2)sc1C(=O)OCC(=O)c1c(N)n(C)c(=O)n(C)c1=O. The normalized spacial score (nSPS) is 10.8. The summed E-state index contributed by atoms with van der Waals surface area (Å²) in [5, 5.41) is 1.11. The van der Waals surface area contributed by atoms with Crippen LogP contribution in [-0.4, -0.2) is 32.5 Å². The third kappa shape index (κ3) is 3.91. The van der Waals surface area contributed by atoms with Crippen LogP contribution in [0.15, 0.2) is 33.9 Å². The molecule has 0 aliphatic rings. The summed E-state index contributed by atoms with van der Waals surface area (Å²) in [4.78, 5) is 53.6. The number of nitrogens with two attached hydrogens (primary N) is 1. The van der Waals surface area contributed by atoms with Crippen molar-refractivity contribution >= 4 is 40.5 Å². The number of aryl methyl sites for hydroxylation is 1.